The van der Waals surface area contributed by atoms with Gasteiger partial charge in [-0.3, -0.25) is 0 Å². The summed E-state index contributed by atoms with van der Waals surface area (Å²) in [4.78, 5) is 29.0. The number of nitrogens with zero attached hydrogens (tertiary/aromatic N) is 5. The predicted octanol–water partition coefficient (Wildman–Crippen LogP) is 6.20. The molecule has 10 nitrogen and oxygen atoms in total. The van der Waals surface area contributed by atoms with Crippen molar-refractivity contribution in [3.8, 4) is 5.75 Å². The van der Waals surface area contributed by atoms with Crippen LogP contribution in [0.2, 0.25) is 5.02 Å². The zero-order valence-corrected chi connectivity index (χ0v) is 25.4. The summed E-state index contributed by atoms with van der Waals surface area (Å²) in [6.45, 7) is 1.20. The van der Waals surface area contributed by atoms with E-state index in [9.17, 15) is 4.79 Å². The Labute approximate surface area is 258 Å². The second-order valence-corrected chi connectivity index (χ2v) is 11.6. The van der Waals surface area contributed by atoms with Crippen molar-refractivity contribution in [2.75, 3.05) is 23.7 Å². The highest BCUT2D eigenvalue weighted by atomic mass is 35.5. The van der Waals surface area contributed by atoms with Crippen molar-refractivity contribution in [1.82, 2.24) is 24.4 Å². The Morgan fingerprint density at radius 3 is 2.24 bits per heavy atom. The maximum Gasteiger partial charge on any atom is 0.415 e. The first-order valence-corrected chi connectivity index (χ1v) is 14.6. The molecule has 0 unspecified atom stereocenters. The molecule has 224 valence electrons. The number of carbonyl (C=O) groups excluding carboxylic acids is 1. The first-order valence-electron chi connectivity index (χ1n) is 14.3. The van der Waals surface area contributed by atoms with Crippen LogP contribution in [-0.4, -0.2) is 61.7 Å². The maximum absolute atomic E-state index is 12.7. The predicted molar refractivity (Wildman–Crippen MR) is 167 cm³/mol. The Morgan fingerprint density at radius 2 is 1.56 bits per heavy atom. The lowest BCUT2D eigenvalue weighted by atomic mass is 9.92. The number of anilines is 2. The number of rotatable bonds is 6. The van der Waals surface area contributed by atoms with E-state index in [1.54, 1.807) is 29.2 Å². The monoisotopic (exact) mass is 624 g/mol. The van der Waals surface area contributed by atoms with E-state index in [0.717, 1.165) is 68.3 Å². The Balaban J connectivity index is 0.00000194. The van der Waals surface area contributed by atoms with Gasteiger partial charge in [0.2, 0.25) is 5.95 Å². The van der Waals surface area contributed by atoms with Crippen molar-refractivity contribution >= 4 is 65.4 Å². The molecule has 3 aromatic rings. The number of imidazole rings is 1. The lowest BCUT2D eigenvalue weighted by Gasteiger charge is -2.32. The van der Waals surface area contributed by atoms with Crippen LogP contribution in [0.4, 0.5) is 16.6 Å². The summed E-state index contributed by atoms with van der Waals surface area (Å²) in [7, 11) is 0. The number of nitrogens with two attached hydrogens (primary N) is 1. The number of nitrogens with one attached hydrogen (secondary N) is 2. The molecule has 3 aliphatic rings. The number of carbonyl (C=O) groups is 1. The molecule has 1 aliphatic heterocycles. The average Bonchev–Trinajstić information content (AvgIpc) is 3.62. The van der Waals surface area contributed by atoms with E-state index >= 15 is 0 Å². The molecule has 1 saturated heterocycles. The maximum atomic E-state index is 12.7. The minimum absolute atomic E-state index is 0. The first kappa shape index (κ1) is 31.4. The summed E-state index contributed by atoms with van der Waals surface area (Å²) < 4.78 is 7.77. The van der Waals surface area contributed by atoms with Crippen LogP contribution in [0, 0.1) is 0 Å². The molecule has 1 amide bonds. The molecule has 2 saturated carbocycles. The molecule has 0 spiro atoms. The third-order valence-electron chi connectivity index (χ3n) is 8.36. The molecule has 2 aromatic heterocycles. The van der Waals surface area contributed by atoms with Gasteiger partial charge in [0, 0.05) is 42.3 Å². The lowest BCUT2D eigenvalue weighted by Crippen LogP contribution is -2.43. The summed E-state index contributed by atoms with van der Waals surface area (Å²) in [6, 6.07) is 8.05. The van der Waals surface area contributed by atoms with E-state index < -0.39 is 0 Å². The van der Waals surface area contributed by atoms with Crippen LogP contribution < -0.4 is 21.1 Å². The van der Waals surface area contributed by atoms with E-state index in [1.165, 1.54) is 12.8 Å². The highest BCUT2D eigenvalue weighted by Gasteiger charge is 2.27. The number of amides is 1. The fraction of sp³-hybridized carbons (Fsp3) is 0.571. The number of ether oxygens (including phenoxy) is 1. The summed E-state index contributed by atoms with van der Waals surface area (Å²) in [6.07, 6.45) is 12.1. The number of aromatic nitrogens is 4. The standard InChI is InChI=1S/C28H37ClN8O2.2ClH/c29-18-5-11-23(12-6-18)39-28(38)36-15-13-21(14-16-36)32-25-24-26(37(17-31-24)22-3-1-2-4-22)35-27(34-25)33-20-9-7-19(30)8-10-20;;/h5-6,11-12,17,19-22H,1-4,7-10,13-16,30H2,(H2,32,33,34,35);2*1H. The van der Waals surface area contributed by atoms with E-state index in [-0.39, 0.29) is 36.9 Å². The van der Waals surface area contributed by atoms with Crippen LogP contribution >= 0.6 is 36.4 Å². The summed E-state index contributed by atoms with van der Waals surface area (Å²) in [5.41, 5.74) is 7.82. The highest BCUT2D eigenvalue weighted by Crippen LogP contribution is 2.34. The molecule has 0 radical (unpaired) electrons. The molecular weight excluding hydrogens is 587 g/mol. The van der Waals surface area contributed by atoms with E-state index in [1.807, 2.05) is 6.33 Å². The molecule has 2 aliphatic carbocycles. The van der Waals surface area contributed by atoms with E-state index in [0.29, 0.717) is 47.9 Å². The van der Waals surface area contributed by atoms with Crippen molar-refractivity contribution < 1.29 is 9.53 Å². The molecule has 41 heavy (non-hydrogen) atoms. The lowest BCUT2D eigenvalue weighted by molar-refractivity contribution is 0.140. The smallest absolute Gasteiger partial charge is 0.410 e. The quantitative estimate of drug-likeness (QED) is 0.296. The fourth-order valence-electron chi connectivity index (χ4n) is 6.05. The molecule has 6 rings (SSSR count). The van der Waals surface area contributed by atoms with Crippen LogP contribution in [0.25, 0.3) is 11.2 Å². The third kappa shape index (κ3) is 7.46. The summed E-state index contributed by atoms with van der Waals surface area (Å²) in [5, 5.41) is 7.84. The second kappa shape index (κ2) is 14.1. The van der Waals surface area contributed by atoms with Crippen molar-refractivity contribution in [1.29, 1.82) is 0 Å². The molecule has 4 N–H and O–H groups in total. The average molecular weight is 626 g/mol. The van der Waals surface area contributed by atoms with Crippen molar-refractivity contribution in [3.63, 3.8) is 0 Å². The van der Waals surface area contributed by atoms with Gasteiger partial charge in [0.15, 0.2) is 17.0 Å². The fourth-order valence-corrected chi connectivity index (χ4v) is 6.17. The van der Waals surface area contributed by atoms with Crippen LogP contribution in [0.15, 0.2) is 30.6 Å². The zero-order valence-electron chi connectivity index (χ0n) is 23.0. The van der Waals surface area contributed by atoms with E-state index in [4.69, 9.17) is 37.0 Å². The Bertz CT molecular complexity index is 1290. The van der Waals surface area contributed by atoms with Gasteiger partial charge in [-0.05, 0) is 75.6 Å². The largest absolute Gasteiger partial charge is 0.415 e. The number of benzene rings is 1. The van der Waals surface area contributed by atoms with Crippen LogP contribution in [0.5, 0.6) is 5.75 Å². The molecule has 0 bridgehead atoms. The van der Waals surface area contributed by atoms with Crippen LogP contribution in [-0.2, 0) is 0 Å². The number of piperidine rings is 1. The third-order valence-corrected chi connectivity index (χ3v) is 8.61. The Kier molecular flexibility index (Phi) is 10.8. The van der Waals surface area contributed by atoms with Gasteiger partial charge >= 0.3 is 6.09 Å². The van der Waals surface area contributed by atoms with Crippen molar-refractivity contribution in [3.05, 3.63) is 35.6 Å². The van der Waals surface area contributed by atoms with Gasteiger partial charge in [-0.25, -0.2) is 9.78 Å². The number of hydrogen-bond acceptors (Lipinski definition) is 8. The van der Waals surface area contributed by atoms with Gasteiger partial charge in [0.05, 0.1) is 6.33 Å². The normalized spacial score (nSPS) is 21.7. The molecule has 3 fully saturated rings. The second-order valence-electron chi connectivity index (χ2n) is 11.1. The minimum atomic E-state index is -0.339. The minimum Gasteiger partial charge on any atom is -0.410 e. The summed E-state index contributed by atoms with van der Waals surface area (Å²) in [5.74, 6) is 1.90. The van der Waals surface area contributed by atoms with Crippen LogP contribution in [0.3, 0.4) is 0 Å². The van der Waals surface area contributed by atoms with Gasteiger partial charge in [0.1, 0.15) is 5.75 Å². The molecule has 0 atom stereocenters. The highest BCUT2D eigenvalue weighted by molar-refractivity contribution is 6.30. The van der Waals surface area contributed by atoms with Gasteiger partial charge in [0.25, 0.3) is 0 Å². The first-order chi connectivity index (χ1) is 19.0. The number of likely N-dealkylation sites (tertiary alicyclic amines) is 1. The van der Waals surface area contributed by atoms with Crippen LogP contribution in [0.1, 0.15) is 70.3 Å². The molecule has 13 heteroatoms. The Hall–Kier alpha value is -2.53. The Morgan fingerprint density at radius 1 is 0.902 bits per heavy atom. The molecule has 1 aromatic carbocycles. The summed E-state index contributed by atoms with van der Waals surface area (Å²) >= 11 is 5.93. The van der Waals surface area contributed by atoms with Gasteiger partial charge in [-0.2, -0.15) is 9.97 Å². The topological polar surface area (TPSA) is 123 Å². The van der Waals surface area contributed by atoms with E-state index in [2.05, 4.69) is 15.2 Å². The number of hydrogen-bond donors (Lipinski definition) is 3. The zero-order chi connectivity index (χ0) is 26.8. The molecular formula is C28H39Cl3N8O2. The SMILES string of the molecule is Cl.Cl.NC1CCC(Nc2nc(NC3CCN(C(=O)Oc4ccc(Cl)cc4)CC3)c3ncn(C4CCCC4)c3n2)CC1. The van der Waals surface area contributed by atoms with Gasteiger partial charge in [-0.15, -0.1) is 24.8 Å². The van der Waals surface area contributed by atoms with Gasteiger partial charge in [-0.1, -0.05) is 24.4 Å². The van der Waals surface area contributed by atoms with Crippen molar-refractivity contribution in [2.45, 2.75) is 88.4 Å². The van der Waals surface area contributed by atoms with Gasteiger partial charge < -0.3 is 30.6 Å². The number of fused-ring (bicyclic) bond motifs is 1. The number of halogens is 3. The van der Waals surface area contributed by atoms with Crippen molar-refractivity contribution in [2.24, 2.45) is 5.73 Å². The molecule has 3 heterocycles.